The molecule has 2 fully saturated rings. The average molecular weight is 281 g/mol. The fraction of sp³-hybridized carbons (Fsp3) is 1.00. The number of hydrogen-bond acceptors (Lipinski definition) is 5. The maximum Gasteiger partial charge on any atom is 0.152 e. The van der Waals surface area contributed by atoms with Gasteiger partial charge in [0.15, 0.2) is 19.7 Å². The van der Waals surface area contributed by atoms with Crippen molar-refractivity contribution in [2.45, 2.75) is 37.8 Å². The Labute approximate surface area is 103 Å². The molecule has 0 saturated carbocycles. The van der Waals surface area contributed by atoms with Gasteiger partial charge in [0.2, 0.25) is 0 Å². The minimum absolute atomic E-state index is 0.0907. The summed E-state index contributed by atoms with van der Waals surface area (Å²) in [6.45, 7) is 1.87. The molecule has 0 spiro atoms. The van der Waals surface area contributed by atoms with Crippen LogP contribution in [0.3, 0.4) is 0 Å². The van der Waals surface area contributed by atoms with E-state index in [-0.39, 0.29) is 29.1 Å². The third-order valence-electron chi connectivity index (χ3n) is 3.52. The van der Waals surface area contributed by atoms with Crippen molar-refractivity contribution >= 4 is 19.7 Å². The second-order valence-electron chi connectivity index (χ2n) is 5.50. The van der Waals surface area contributed by atoms with Crippen LogP contribution in [0.2, 0.25) is 0 Å². The molecule has 2 aliphatic rings. The number of hydrogen-bond donors (Lipinski definition) is 1. The van der Waals surface area contributed by atoms with Crippen LogP contribution in [0.15, 0.2) is 0 Å². The lowest BCUT2D eigenvalue weighted by Gasteiger charge is -2.32. The van der Waals surface area contributed by atoms with Gasteiger partial charge < -0.3 is 5.32 Å². The molecule has 2 rings (SSSR count). The molecule has 2 heterocycles. The first-order valence-electron chi connectivity index (χ1n) is 5.88. The zero-order valence-electron chi connectivity index (χ0n) is 9.98. The highest BCUT2D eigenvalue weighted by molar-refractivity contribution is 7.91. The standard InChI is InChI=1S/C10H19NO4S2/c1-10(4-6-17(14,15)8-10)11-9-3-2-5-16(12,13)7-9/h9,11H,2-8H2,1H3. The first-order valence-corrected chi connectivity index (χ1v) is 9.53. The number of sulfone groups is 2. The lowest BCUT2D eigenvalue weighted by atomic mass is 9.99. The van der Waals surface area contributed by atoms with Gasteiger partial charge in [-0.15, -0.1) is 0 Å². The van der Waals surface area contributed by atoms with Crippen molar-refractivity contribution in [1.82, 2.24) is 5.32 Å². The summed E-state index contributed by atoms with van der Waals surface area (Å²) >= 11 is 0. The molecular weight excluding hydrogens is 262 g/mol. The van der Waals surface area contributed by atoms with Crippen LogP contribution in [-0.2, 0) is 19.7 Å². The molecule has 1 N–H and O–H groups in total. The van der Waals surface area contributed by atoms with Crippen molar-refractivity contribution in [3.8, 4) is 0 Å². The second-order valence-corrected chi connectivity index (χ2v) is 9.91. The van der Waals surface area contributed by atoms with E-state index < -0.39 is 25.2 Å². The first-order chi connectivity index (χ1) is 7.70. The molecule has 0 bridgehead atoms. The topological polar surface area (TPSA) is 80.3 Å². The number of nitrogens with one attached hydrogen (secondary N) is 1. The highest BCUT2D eigenvalue weighted by Crippen LogP contribution is 2.25. The molecule has 2 atom stereocenters. The van der Waals surface area contributed by atoms with Crippen LogP contribution in [0.25, 0.3) is 0 Å². The summed E-state index contributed by atoms with van der Waals surface area (Å²) in [6, 6.07) is -0.0907. The average Bonchev–Trinajstić information content (AvgIpc) is 2.38. The molecule has 100 valence electrons. The number of rotatable bonds is 2. The third kappa shape index (κ3) is 3.42. The largest absolute Gasteiger partial charge is 0.307 e. The normalized spacial score (nSPS) is 40.2. The summed E-state index contributed by atoms with van der Waals surface area (Å²) < 4.78 is 45.9. The zero-order valence-corrected chi connectivity index (χ0v) is 11.6. The lowest BCUT2D eigenvalue weighted by molar-refractivity contribution is 0.335. The first kappa shape index (κ1) is 13.3. The quantitative estimate of drug-likeness (QED) is 0.753. The van der Waals surface area contributed by atoms with Crippen molar-refractivity contribution in [2.75, 3.05) is 23.0 Å². The Morgan fingerprint density at radius 2 is 1.82 bits per heavy atom. The van der Waals surface area contributed by atoms with Gasteiger partial charge in [0.05, 0.1) is 23.0 Å². The van der Waals surface area contributed by atoms with Crippen molar-refractivity contribution < 1.29 is 16.8 Å². The van der Waals surface area contributed by atoms with Gasteiger partial charge in [-0.1, -0.05) is 0 Å². The van der Waals surface area contributed by atoms with Crippen LogP contribution in [0.4, 0.5) is 0 Å². The van der Waals surface area contributed by atoms with E-state index in [0.29, 0.717) is 12.8 Å². The van der Waals surface area contributed by atoms with Gasteiger partial charge in [-0.25, -0.2) is 16.8 Å². The molecule has 2 aliphatic heterocycles. The van der Waals surface area contributed by atoms with E-state index in [4.69, 9.17) is 0 Å². The molecule has 0 radical (unpaired) electrons. The minimum atomic E-state index is -2.95. The van der Waals surface area contributed by atoms with Crippen LogP contribution >= 0.6 is 0 Å². The van der Waals surface area contributed by atoms with Gasteiger partial charge in [-0.05, 0) is 26.2 Å². The van der Waals surface area contributed by atoms with Crippen LogP contribution in [0.1, 0.15) is 26.2 Å². The van der Waals surface area contributed by atoms with Gasteiger partial charge in [-0.2, -0.15) is 0 Å². The van der Waals surface area contributed by atoms with Gasteiger partial charge in [0.25, 0.3) is 0 Å². The Bertz CT molecular complexity index is 496. The fourth-order valence-electron chi connectivity index (χ4n) is 2.75. The molecule has 2 saturated heterocycles. The Kier molecular flexibility index (Phi) is 3.29. The van der Waals surface area contributed by atoms with Crippen LogP contribution in [-0.4, -0.2) is 51.4 Å². The SMILES string of the molecule is CC1(NC2CCCS(=O)(=O)C2)CCS(=O)(=O)C1. The summed E-state index contributed by atoms with van der Waals surface area (Å²) in [4.78, 5) is 0. The summed E-state index contributed by atoms with van der Waals surface area (Å²) in [5.41, 5.74) is -0.448. The molecule has 0 amide bonds. The third-order valence-corrected chi connectivity index (χ3v) is 7.24. The van der Waals surface area contributed by atoms with E-state index in [2.05, 4.69) is 5.32 Å². The van der Waals surface area contributed by atoms with Gasteiger partial charge in [-0.3, -0.25) is 0 Å². The van der Waals surface area contributed by atoms with E-state index in [0.717, 1.165) is 6.42 Å². The second kappa shape index (κ2) is 4.20. The van der Waals surface area contributed by atoms with Crippen LogP contribution < -0.4 is 5.32 Å². The maximum atomic E-state index is 11.5. The van der Waals surface area contributed by atoms with Crippen molar-refractivity contribution in [1.29, 1.82) is 0 Å². The minimum Gasteiger partial charge on any atom is -0.307 e. The Balaban J connectivity index is 2.02. The summed E-state index contributed by atoms with van der Waals surface area (Å²) in [7, 11) is -5.89. The van der Waals surface area contributed by atoms with Gasteiger partial charge in [0, 0.05) is 11.6 Å². The van der Waals surface area contributed by atoms with E-state index in [1.807, 2.05) is 6.92 Å². The van der Waals surface area contributed by atoms with Gasteiger partial charge in [0.1, 0.15) is 0 Å². The highest BCUT2D eigenvalue weighted by atomic mass is 32.2. The molecule has 0 aromatic rings. The monoisotopic (exact) mass is 281 g/mol. The van der Waals surface area contributed by atoms with Crippen molar-refractivity contribution in [2.24, 2.45) is 0 Å². The molecule has 7 heteroatoms. The molecule has 17 heavy (non-hydrogen) atoms. The maximum absolute atomic E-state index is 11.5. The molecular formula is C10H19NO4S2. The summed E-state index contributed by atoms with van der Waals surface area (Å²) in [5, 5.41) is 3.25. The highest BCUT2D eigenvalue weighted by Gasteiger charge is 2.40. The van der Waals surface area contributed by atoms with Crippen molar-refractivity contribution in [3.63, 3.8) is 0 Å². The van der Waals surface area contributed by atoms with E-state index in [1.54, 1.807) is 0 Å². The Morgan fingerprint density at radius 3 is 2.35 bits per heavy atom. The lowest BCUT2D eigenvalue weighted by Crippen LogP contribution is -2.52. The molecule has 5 nitrogen and oxygen atoms in total. The fourth-order valence-corrected chi connectivity index (χ4v) is 6.49. The van der Waals surface area contributed by atoms with Crippen LogP contribution in [0.5, 0.6) is 0 Å². The van der Waals surface area contributed by atoms with E-state index in [9.17, 15) is 16.8 Å². The zero-order chi connectivity index (χ0) is 12.7. The Morgan fingerprint density at radius 1 is 1.12 bits per heavy atom. The molecule has 0 aromatic carbocycles. The van der Waals surface area contributed by atoms with E-state index >= 15 is 0 Å². The van der Waals surface area contributed by atoms with Crippen molar-refractivity contribution in [3.05, 3.63) is 0 Å². The predicted molar refractivity (Wildman–Crippen MR) is 66.5 cm³/mol. The van der Waals surface area contributed by atoms with Crippen LogP contribution in [0, 0.1) is 0 Å². The smallest absolute Gasteiger partial charge is 0.152 e. The Hall–Kier alpha value is -0.140. The molecule has 0 aliphatic carbocycles. The molecule has 0 aromatic heterocycles. The predicted octanol–water partition coefficient (Wildman–Crippen LogP) is -0.270. The summed E-state index contributed by atoms with van der Waals surface area (Å²) in [6.07, 6.45) is 2.06. The van der Waals surface area contributed by atoms with Gasteiger partial charge >= 0.3 is 0 Å². The molecule has 2 unspecified atom stereocenters. The van der Waals surface area contributed by atoms with E-state index in [1.165, 1.54) is 0 Å². The summed E-state index contributed by atoms with van der Waals surface area (Å²) in [5.74, 6) is 0.731.